The summed E-state index contributed by atoms with van der Waals surface area (Å²) in [4.78, 5) is 28.6. The molecule has 8 nitrogen and oxygen atoms in total. The molecule has 3 rings (SSSR count). The molecule has 0 aliphatic rings. The smallest absolute Gasteiger partial charge is 0.264 e. The van der Waals surface area contributed by atoms with E-state index in [9.17, 15) is 18.0 Å². The highest BCUT2D eigenvalue weighted by Crippen LogP contribution is 2.30. The fourth-order valence-corrected chi connectivity index (χ4v) is 5.72. The Morgan fingerprint density at radius 1 is 1.00 bits per heavy atom. The largest absolute Gasteiger partial charge is 0.497 e. The molecule has 1 N–H and O–H groups in total. The quantitative estimate of drug-likeness (QED) is 0.316. The number of methoxy groups -OCH3 is 1. The highest BCUT2D eigenvalue weighted by Gasteiger charge is 2.33. The topological polar surface area (TPSA) is 96.0 Å². The van der Waals surface area contributed by atoms with Crippen LogP contribution >= 0.6 is 11.6 Å². The van der Waals surface area contributed by atoms with Gasteiger partial charge >= 0.3 is 0 Å². The minimum atomic E-state index is -4.16. The number of benzene rings is 3. The molecule has 0 saturated carbocycles. The van der Waals surface area contributed by atoms with Crippen molar-refractivity contribution in [3.63, 3.8) is 0 Å². The lowest BCUT2D eigenvalue weighted by atomic mass is 10.1. The molecule has 3 aromatic carbocycles. The van der Waals surface area contributed by atoms with Crippen molar-refractivity contribution in [3.05, 3.63) is 88.9 Å². The third kappa shape index (κ3) is 7.55. The third-order valence-corrected chi connectivity index (χ3v) is 8.74. The van der Waals surface area contributed by atoms with Crippen LogP contribution in [0.1, 0.15) is 38.3 Å². The maximum absolute atomic E-state index is 14.0. The lowest BCUT2D eigenvalue weighted by Crippen LogP contribution is -2.52. The number of hydrogen-bond acceptors (Lipinski definition) is 5. The number of sulfonamides is 1. The summed E-state index contributed by atoms with van der Waals surface area (Å²) >= 11 is 6.26. The second kappa shape index (κ2) is 13.7. The predicted octanol–water partition coefficient (Wildman–Crippen LogP) is 5.18. The molecule has 0 bridgehead atoms. The molecule has 40 heavy (non-hydrogen) atoms. The first-order valence-corrected chi connectivity index (χ1v) is 14.9. The minimum Gasteiger partial charge on any atom is -0.497 e. The molecule has 0 aliphatic heterocycles. The van der Waals surface area contributed by atoms with Gasteiger partial charge in [0.1, 0.15) is 18.3 Å². The molecule has 0 aliphatic carbocycles. The second-order valence-corrected chi connectivity index (χ2v) is 11.9. The number of amides is 2. The Hall–Kier alpha value is -3.56. The van der Waals surface area contributed by atoms with E-state index in [1.54, 1.807) is 75.6 Å². The summed E-state index contributed by atoms with van der Waals surface area (Å²) in [5.41, 5.74) is 1.67. The van der Waals surface area contributed by atoms with Crippen molar-refractivity contribution in [2.75, 3.05) is 18.0 Å². The molecule has 0 fully saturated rings. The number of anilines is 1. The average molecular weight is 586 g/mol. The van der Waals surface area contributed by atoms with Crippen molar-refractivity contribution in [1.82, 2.24) is 10.2 Å². The van der Waals surface area contributed by atoms with Gasteiger partial charge in [-0.1, -0.05) is 54.9 Å². The Balaban J connectivity index is 2.05. The summed E-state index contributed by atoms with van der Waals surface area (Å²) in [5.74, 6) is -0.213. The van der Waals surface area contributed by atoms with Crippen molar-refractivity contribution >= 4 is 39.1 Å². The summed E-state index contributed by atoms with van der Waals surface area (Å²) in [6.07, 6.45) is 0.724. The Bertz CT molecular complexity index is 1420. The Morgan fingerprint density at radius 3 is 2.25 bits per heavy atom. The number of rotatable bonds is 12. The number of carbonyl (C=O) groups is 2. The van der Waals surface area contributed by atoms with Gasteiger partial charge in [-0.05, 0) is 74.7 Å². The van der Waals surface area contributed by atoms with Crippen LogP contribution in [-0.4, -0.2) is 50.9 Å². The zero-order valence-electron chi connectivity index (χ0n) is 23.4. The molecule has 10 heteroatoms. The molecule has 0 unspecified atom stereocenters. The Morgan fingerprint density at radius 2 is 1.65 bits per heavy atom. The van der Waals surface area contributed by atoms with Gasteiger partial charge in [0.15, 0.2) is 0 Å². The van der Waals surface area contributed by atoms with Crippen LogP contribution in [0.4, 0.5) is 5.69 Å². The normalized spacial score (nSPS) is 12.8. The molecule has 0 heterocycles. The van der Waals surface area contributed by atoms with E-state index in [0.29, 0.717) is 16.3 Å². The van der Waals surface area contributed by atoms with E-state index < -0.39 is 28.5 Å². The molecule has 3 aromatic rings. The Labute approximate surface area is 241 Å². The van der Waals surface area contributed by atoms with E-state index in [1.165, 1.54) is 23.1 Å². The Kier molecular flexibility index (Phi) is 10.6. The highest BCUT2D eigenvalue weighted by atomic mass is 35.5. The fourth-order valence-electron chi connectivity index (χ4n) is 4.06. The van der Waals surface area contributed by atoms with Crippen LogP contribution in [0.3, 0.4) is 0 Å². The van der Waals surface area contributed by atoms with Crippen molar-refractivity contribution in [3.8, 4) is 5.75 Å². The maximum atomic E-state index is 14.0. The molecule has 0 aromatic heterocycles. The van der Waals surface area contributed by atoms with Gasteiger partial charge in [-0.3, -0.25) is 13.9 Å². The number of nitrogens with zero attached hydrogens (tertiary/aromatic N) is 2. The van der Waals surface area contributed by atoms with Crippen molar-refractivity contribution in [1.29, 1.82) is 0 Å². The van der Waals surface area contributed by atoms with Crippen LogP contribution in [0.2, 0.25) is 5.02 Å². The number of nitrogens with one attached hydrogen (secondary N) is 1. The maximum Gasteiger partial charge on any atom is 0.264 e. The molecule has 2 atom stereocenters. The molecule has 2 amide bonds. The van der Waals surface area contributed by atoms with Crippen molar-refractivity contribution < 1.29 is 22.7 Å². The zero-order valence-corrected chi connectivity index (χ0v) is 25.0. The van der Waals surface area contributed by atoms with E-state index in [-0.39, 0.29) is 29.1 Å². The van der Waals surface area contributed by atoms with E-state index in [4.69, 9.17) is 16.3 Å². The van der Waals surface area contributed by atoms with Crippen molar-refractivity contribution in [2.24, 2.45) is 0 Å². The molecular formula is C30H36ClN3O5S. The van der Waals surface area contributed by atoms with Gasteiger partial charge in [0.2, 0.25) is 11.8 Å². The molecular weight excluding hydrogens is 550 g/mol. The van der Waals surface area contributed by atoms with Gasteiger partial charge in [0.25, 0.3) is 10.0 Å². The average Bonchev–Trinajstić information content (AvgIpc) is 2.96. The predicted molar refractivity (Wildman–Crippen MR) is 158 cm³/mol. The van der Waals surface area contributed by atoms with E-state index in [1.807, 2.05) is 13.8 Å². The van der Waals surface area contributed by atoms with E-state index in [2.05, 4.69) is 5.32 Å². The minimum absolute atomic E-state index is 0.0337. The van der Waals surface area contributed by atoms with Crippen molar-refractivity contribution in [2.45, 2.75) is 57.6 Å². The van der Waals surface area contributed by atoms with Gasteiger partial charge in [0, 0.05) is 17.6 Å². The first-order chi connectivity index (χ1) is 19.0. The first-order valence-electron chi connectivity index (χ1n) is 13.0. The summed E-state index contributed by atoms with van der Waals surface area (Å²) in [6, 6.07) is 19.0. The third-order valence-electron chi connectivity index (χ3n) is 6.73. The lowest BCUT2D eigenvalue weighted by molar-refractivity contribution is -0.139. The van der Waals surface area contributed by atoms with Crippen LogP contribution in [-0.2, 0) is 26.2 Å². The fraction of sp³-hybridized carbons (Fsp3) is 0.333. The summed E-state index contributed by atoms with van der Waals surface area (Å²) in [6.45, 7) is 6.79. The number of carbonyl (C=O) groups excluding carboxylic acids is 2. The summed E-state index contributed by atoms with van der Waals surface area (Å²) in [7, 11) is -2.60. The monoisotopic (exact) mass is 585 g/mol. The van der Waals surface area contributed by atoms with Crippen LogP contribution in [0.5, 0.6) is 5.75 Å². The van der Waals surface area contributed by atoms with Gasteiger partial charge in [-0.2, -0.15) is 0 Å². The van der Waals surface area contributed by atoms with E-state index in [0.717, 1.165) is 16.3 Å². The van der Waals surface area contributed by atoms with Gasteiger partial charge < -0.3 is 15.0 Å². The lowest BCUT2D eigenvalue weighted by Gasteiger charge is -2.33. The number of ether oxygens (including phenoxy) is 1. The molecule has 214 valence electrons. The molecule has 0 radical (unpaired) electrons. The van der Waals surface area contributed by atoms with Crippen LogP contribution in [0.15, 0.2) is 77.7 Å². The zero-order chi connectivity index (χ0) is 29.4. The number of aryl methyl sites for hydroxylation is 1. The number of halogens is 1. The van der Waals surface area contributed by atoms with Crippen LogP contribution in [0.25, 0.3) is 0 Å². The molecule has 0 spiro atoms. The second-order valence-electron chi connectivity index (χ2n) is 9.62. The number of hydrogen-bond donors (Lipinski definition) is 1. The van der Waals surface area contributed by atoms with Crippen LogP contribution < -0.4 is 14.4 Å². The van der Waals surface area contributed by atoms with Crippen LogP contribution in [0, 0.1) is 6.92 Å². The molecule has 0 saturated heterocycles. The van der Waals surface area contributed by atoms with Gasteiger partial charge in [-0.15, -0.1) is 0 Å². The van der Waals surface area contributed by atoms with E-state index >= 15 is 0 Å². The van der Waals surface area contributed by atoms with Gasteiger partial charge in [0.05, 0.1) is 17.7 Å². The standard InChI is InChI=1S/C30H36ClN3O5S/c1-6-22(3)32-30(36)23(4)33(19-24-13-16-26(39-5)17-14-24)29(35)20-34(28-18-25(31)15-12-21(28)2)40(37,38)27-10-8-7-9-11-27/h7-18,22-23H,6,19-20H2,1-5H3,(H,32,36)/t22-,23+/m1/s1. The highest BCUT2D eigenvalue weighted by molar-refractivity contribution is 7.92. The van der Waals surface area contributed by atoms with Gasteiger partial charge in [-0.25, -0.2) is 8.42 Å². The first kappa shape index (κ1) is 31.0. The summed E-state index contributed by atoms with van der Waals surface area (Å²) in [5, 5.41) is 3.26. The summed E-state index contributed by atoms with van der Waals surface area (Å²) < 4.78 is 34.1. The SMILES string of the molecule is CC[C@@H](C)NC(=O)[C@H](C)N(Cc1ccc(OC)cc1)C(=O)CN(c1cc(Cl)ccc1C)S(=O)(=O)c1ccccc1.